The van der Waals surface area contributed by atoms with Crippen LogP contribution in [0.15, 0.2) is 6.07 Å². The van der Waals surface area contributed by atoms with E-state index in [-0.39, 0.29) is 0 Å². The van der Waals surface area contributed by atoms with E-state index < -0.39 is 35.3 Å². The monoisotopic (exact) mass is 252 g/mol. The van der Waals surface area contributed by atoms with Gasteiger partial charge in [-0.15, -0.1) is 0 Å². The summed E-state index contributed by atoms with van der Waals surface area (Å²) < 4.78 is 66.9. The highest BCUT2D eigenvalue weighted by Crippen LogP contribution is 2.38. The van der Waals surface area contributed by atoms with Crippen molar-refractivity contribution in [3.05, 3.63) is 22.9 Å². The number of methoxy groups -OCH3 is 1. The van der Waals surface area contributed by atoms with Crippen LogP contribution in [0.2, 0.25) is 0 Å². The van der Waals surface area contributed by atoms with Crippen LogP contribution in [0.3, 0.4) is 0 Å². The molecule has 3 nitrogen and oxygen atoms in total. The number of halogens is 5. The molecule has 0 fully saturated rings. The Morgan fingerprint density at radius 3 is 2.35 bits per heavy atom. The SMILES string of the molecule is COc1cc(C#N)c(C(F)F)c(C(F)(F)F)n1. The van der Waals surface area contributed by atoms with Gasteiger partial charge in [-0.25, -0.2) is 13.8 Å². The molecule has 0 amide bonds. The van der Waals surface area contributed by atoms with Gasteiger partial charge in [0.2, 0.25) is 5.88 Å². The summed E-state index contributed by atoms with van der Waals surface area (Å²) in [5.41, 5.74) is -4.04. The molecule has 0 saturated carbocycles. The van der Waals surface area contributed by atoms with Crippen molar-refractivity contribution in [2.24, 2.45) is 0 Å². The molecule has 1 heterocycles. The summed E-state index contributed by atoms with van der Waals surface area (Å²) in [5, 5.41) is 8.54. The van der Waals surface area contributed by atoms with Gasteiger partial charge < -0.3 is 4.74 Å². The molecule has 0 radical (unpaired) electrons. The van der Waals surface area contributed by atoms with Crippen molar-refractivity contribution in [3.8, 4) is 11.9 Å². The Morgan fingerprint density at radius 2 is 2.00 bits per heavy atom. The number of ether oxygens (including phenoxy) is 1. The van der Waals surface area contributed by atoms with Gasteiger partial charge in [-0.2, -0.15) is 18.4 Å². The summed E-state index contributed by atoms with van der Waals surface area (Å²) in [6.45, 7) is 0. The van der Waals surface area contributed by atoms with Crippen molar-refractivity contribution in [1.29, 1.82) is 5.26 Å². The van der Waals surface area contributed by atoms with Gasteiger partial charge in [0, 0.05) is 6.07 Å². The van der Waals surface area contributed by atoms with E-state index in [1.807, 2.05) is 0 Å². The third-order valence-electron chi connectivity index (χ3n) is 1.85. The molecule has 1 aromatic heterocycles. The van der Waals surface area contributed by atoms with Gasteiger partial charge in [0.1, 0.15) is 0 Å². The lowest BCUT2D eigenvalue weighted by atomic mass is 10.1. The van der Waals surface area contributed by atoms with Crippen LogP contribution in [-0.2, 0) is 6.18 Å². The van der Waals surface area contributed by atoms with Crippen LogP contribution in [0.4, 0.5) is 22.0 Å². The molecule has 17 heavy (non-hydrogen) atoms. The van der Waals surface area contributed by atoms with Gasteiger partial charge in [-0.05, 0) is 0 Å². The average Bonchev–Trinajstić information content (AvgIpc) is 2.25. The minimum absolute atomic E-state index is 0.543. The predicted octanol–water partition coefficient (Wildman–Crippen LogP) is 2.92. The minimum atomic E-state index is -5.08. The summed E-state index contributed by atoms with van der Waals surface area (Å²) in [6, 6.07) is 2.00. The molecule has 0 aromatic carbocycles. The van der Waals surface area contributed by atoms with Crippen LogP contribution < -0.4 is 4.74 Å². The number of hydrogen-bond acceptors (Lipinski definition) is 3. The molecule has 0 spiro atoms. The zero-order valence-corrected chi connectivity index (χ0v) is 8.35. The number of nitriles is 1. The minimum Gasteiger partial charge on any atom is -0.481 e. The van der Waals surface area contributed by atoms with Crippen molar-refractivity contribution in [2.75, 3.05) is 7.11 Å². The highest BCUT2D eigenvalue weighted by atomic mass is 19.4. The molecule has 1 aromatic rings. The molecule has 0 bridgehead atoms. The molecule has 0 aliphatic rings. The van der Waals surface area contributed by atoms with E-state index in [4.69, 9.17) is 5.26 Å². The van der Waals surface area contributed by atoms with E-state index in [2.05, 4.69) is 9.72 Å². The van der Waals surface area contributed by atoms with E-state index in [9.17, 15) is 22.0 Å². The number of hydrogen-bond donors (Lipinski definition) is 0. The topological polar surface area (TPSA) is 45.9 Å². The zero-order valence-electron chi connectivity index (χ0n) is 8.35. The second-order valence-corrected chi connectivity index (χ2v) is 2.88. The largest absolute Gasteiger partial charge is 0.481 e. The first kappa shape index (κ1) is 13.2. The predicted molar refractivity (Wildman–Crippen MR) is 45.5 cm³/mol. The van der Waals surface area contributed by atoms with Gasteiger partial charge >= 0.3 is 6.18 Å². The maximum absolute atomic E-state index is 12.5. The number of pyridine rings is 1. The van der Waals surface area contributed by atoms with Crippen LogP contribution >= 0.6 is 0 Å². The fourth-order valence-corrected chi connectivity index (χ4v) is 1.17. The fraction of sp³-hybridized carbons (Fsp3) is 0.333. The molecule has 0 aliphatic heterocycles. The molecular formula is C9H5F5N2O. The molecule has 1 rings (SSSR count). The Balaban J connectivity index is 3.60. The van der Waals surface area contributed by atoms with E-state index in [1.54, 1.807) is 0 Å². The van der Waals surface area contributed by atoms with Crippen LogP contribution in [0, 0.1) is 11.3 Å². The van der Waals surface area contributed by atoms with Gasteiger partial charge in [-0.3, -0.25) is 0 Å². The molecule has 0 unspecified atom stereocenters. The van der Waals surface area contributed by atoms with Crippen molar-refractivity contribution >= 4 is 0 Å². The smallest absolute Gasteiger partial charge is 0.434 e. The molecule has 0 saturated heterocycles. The molecule has 0 N–H and O–H groups in total. The average molecular weight is 252 g/mol. The Morgan fingerprint density at radius 1 is 1.41 bits per heavy atom. The van der Waals surface area contributed by atoms with Gasteiger partial charge in [0.05, 0.1) is 24.3 Å². The van der Waals surface area contributed by atoms with Gasteiger partial charge in [-0.1, -0.05) is 0 Å². The fourth-order valence-electron chi connectivity index (χ4n) is 1.17. The Labute approximate surface area is 92.4 Å². The number of nitrogens with zero attached hydrogens (tertiary/aromatic N) is 2. The summed E-state index contributed by atoms with van der Waals surface area (Å²) >= 11 is 0. The number of alkyl halides is 5. The summed E-state index contributed by atoms with van der Waals surface area (Å²) in [6.07, 6.45) is -8.52. The second-order valence-electron chi connectivity index (χ2n) is 2.88. The highest BCUT2D eigenvalue weighted by Gasteiger charge is 2.40. The maximum atomic E-state index is 12.5. The second kappa shape index (κ2) is 4.53. The van der Waals surface area contributed by atoms with Crippen molar-refractivity contribution < 1.29 is 26.7 Å². The van der Waals surface area contributed by atoms with Crippen molar-refractivity contribution in [2.45, 2.75) is 12.6 Å². The standard InChI is InChI=1S/C9H5F5N2O/c1-17-5-2-4(3-15)6(8(10)11)7(16-5)9(12,13)14/h2,8H,1H3. The van der Waals surface area contributed by atoms with E-state index >= 15 is 0 Å². The van der Waals surface area contributed by atoms with Crippen molar-refractivity contribution in [3.63, 3.8) is 0 Å². The third kappa shape index (κ3) is 2.61. The Hall–Kier alpha value is -1.91. The zero-order chi connectivity index (χ0) is 13.2. The number of aromatic nitrogens is 1. The first-order chi connectivity index (χ1) is 7.81. The van der Waals surface area contributed by atoms with Crippen LogP contribution in [0.5, 0.6) is 5.88 Å². The molecular weight excluding hydrogens is 247 g/mol. The molecule has 0 atom stereocenters. The molecule has 92 valence electrons. The first-order valence-electron chi connectivity index (χ1n) is 4.15. The van der Waals surface area contributed by atoms with E-state index in [0.717, 1.165) is 13.2 Å². The van der Waals surface area contributed by atoms with Crippen molar-refractivity contribution in [1.82, 2.24) is 4.98 Å². The first-order valence-corrected chi connectivity index (χ1v) is 4.15. The highest BCUT2D eigenvalue weighted by molar-refractivity contribution is 5.44. The number of rotatable bonds is 2. The van der Waals surface area contributed by atoms with E-state index in [1.165, 1.54) is 6.07 Å². The lowest BCUT2D eigenvalue weighted by Gasteiger charge is -2.13. The van der Waals surface area contributed by atoms with E-state index in [0.29, 0.717) is 0 Å². The quantitative estimate of drug-likeness (QED) is 0.760. The normalized spacial score (nSPS) is 11.4. The lowest BCUT2D eigenvalue weighted by Crippen LogP contribution is -2.14. The van der Waals surface area contributed by atoms with Gasteiger partial charge in [0.15, 0.2) is 5.69 Å². The Kier molecular flexibility index (Phi) is 3.50. The van der Waals surface area contributed by atoms with Crippen LogP contribution in [0.1, 0.15) is 23.2 Å². The third-order valence-corrected chi connectivity index (χ3v) is 1.85. The summed E-state index contributed by atoms with van der Waals surface area (Å²) in [4.78, 5) is 2.91. The van der Waals surface area contributed by atoms with Crippen LogP contribution in [0.25, 0.3) is 0 Å². The summed E-state index contributed by atoms with van der Waals surface area (Å²) in [7, 11) is 1.02. The maximum Gasteiger partial charge on any atom is 0.434 e. The lowest BCUT2D eigenvalue weighted by molar-refractivity contribution is -0.143. The van der Waals surface area contributed by atoms with Crippen LogP contribution in [-0.4, -0.2) is 12.1 Å². The molecule has 0 aliphatic carbocycles. The van der Waals surface area contributed by atoms with Gasteiger partial charge in [0.25, 0.3) is 6.43 Å². The summed E-state index contributed by atoms with van der Waals surface area (Å²) in [5.74, 6) is -0.543. The molecule has 8 heteroatoms. The Bertz CT molecular complexity index is 464.